The average Bonchev–Trinajstić information content (AvgIpc) is 3.17. The summed E-state index contributed by atoms with van der Waals surface area (Å²) in [5.41, 5.74) is 1.41. The molecule has 1 fully saturated rings. The summed E-state index contributed by atoms with van der Waals surface area (Å²) in [6.07, 6.45) is 2.95. The summed E-state index contributed by atoms with van der Waals surface area (Å²) in [6, 6.07) is 12.7. The van der Waals surface area contributed by atoms with Gasteiger partial charge < -0.3 is 15.2 Å². The highest BCUT2D eigenvalue weighted by molar-refractivity contribution is 7.89. The molecule has 2 heterocycles. The van der Waals surface area contributed by atoms with Gasteiger partial charge in [0, 0.05) is 32.7 Å². The van der Waals surface area contributed by atoms with Gasteiger partial charge in [0.1, 0.15) is 5.69 Å². The van der Waals surface area contributed by atoms with Crippen molar-refractivity contribution in [1.29, 1.82) is 0 Å². The van der Waals surface area contributed by atoms with E-state index in [4.69, 9.17) is 0 Å². The molecule has 8 nitrogen and oxygen atoms in total. The molecule has 0 aliphatic carbocycles. The van der Waals surface area contributed by atoms with Crippen molar-refractivity contribution < 1.29 is 18.0 Å². The Hall–Kier alpha value is -2.91. The van der Waals surface area contributed by atoms with Crippen LogP contribution in [-0.4, -0.2) is 54.8 Å². The van der Waals surface area contributed by atoms with Crippen LogP contribution < -0.4 is 10.6 Å². The van der Waals surface area contributed by atoms with E-state index >= 15 is 0 Å². The Kier molecular flexibility index (Phi) is 7.29. The standard InChI is InChI=1S/C22H28N4O4S/c1-3-20(27)24-18-12-15-26(16-13-18)31(29,30)21-10-9-19(25(21)2)22(28)23-14-11-17-7-5-4-6-8-17/h3-10,18H,1,11-16H2,2H3,(H,23,28)(H,24,27). The maximum absolute atomic E-state index is 13.1. The molecule has 166 valence electrons. The van der Waals surface area contributed by atoms with E-state index in [1.165, 1.54) is 27.1 Å². The first-order chi connectivity index (χ1) is 14.8. The van der Waals surface area contributed by atoms with Gasteiger partial charge >= 0.3 is 0 Å². The quantitative estimate of drug-likeness (QED) is 0.602. The van der Waals surface area contributed by atoms with Crippen molar-refractivity contribution >= 4 is 21.8 Å². The van der Waals surface area contributed by atoms with Crippen LogP contribution in [0.15, 0.2) is 60.1 Å². The van der Waals surface area contributed by atoms with Gasteiger partial charge in [0.2, 0.25) is 5.91 Å². The Morgan fingerprint density at radius 2 is 1.81 bits per heavy atom. The number of carbonyl (C=O) groups excluding carboxylic acids is 2. The minimum absolute atomic E-state index is 0.0729. The van der Waals surface area contributed by atoms with Crippen molar-refractivity contribution in [1.82, 2.24) is 19.5 Å². The van der Waals surface area contributed by atoms with Crippen LogP contribution in [-0.2, 0) is 28.3 Å². The molecule has 1 aromatic carbocycles. The summed E-state index contributed by atoms with van der Waals surface area (Å²) in [7, 11) is -2.16. The fourth-order valence-corrected chi connectivity index (χ4v) is 5.31. The van der Waals surface area contributed by atoms with Gasteiger partial charge in [0.15, 0.2) is 5.03 Å². The number of sulfonamides is 1. The number of piperidine rings is 1. The zero-order chi connectivity index (χ0) is 22.4. The molecule has 2 aromatic rings. The van der Waals surface area contributed by atoms with E-state index in [-0.39, 0.29) is 22.9 Å². The molecule has 0 saturated carbocycles. The molecule has 0 bridgehead atoms. The molecule has 0 radical (unpaired) electrons. The molecule has 1 saturated heterocycles. The molecule has 0 spiro atoms. The maximum atomic E-state index is 13.1. The fraction of sp³-hybridized carbons (Fsp3) is 0.364. The Morgan fingerprint density at radius 1 is 1.13 bits per heavy atom. The van der Waals surface area contributed by atoms with Gasteiger partial charge in [0.25, 0.3) is 15.9 Å². The highest BCUT2D eigenvalue weighted by Crippen LogP contribution is 2.22. The minimum Gasteiger partial charge on any atom is -0.350 e. The molecule has 3 rings (SSSR count). The Morgan fingerprint density at radius 3 is 2.45 bits per heavy atom. The normalized spacial score (nSPS) is 15.4. The van der Waals surface area contributed by atoms with Crippen molar-refractivity contribution in [3.05, 3.63) is 66.4 Å². The van der Waals surface area contributed by atoms with Gasteiger partial charge in [0.05, 0.1) is 0 Å². The first kappa shape index (κ1) is 22.8. The minimum atomic E-state index is -3.74. The smallest absolute Gasteiger partial charge is 0.267 e. The summed E-state index contributed by atoms with van der Waals surface area (Å²) in [5.74, 6) is -0.572. The van der Waals surface area contributed by atoms with Gasteiger partial charge in [-0.2, -0.15) is 4.31 Å². The Balaban J connectivity index is 1.61. The first-order valence-electron chi connectivity index (χ1n) is 10.2. The van der Waals surface area contributed by atoms with Crippen molar-refractivity contribution in [3.63, 3.8) is 0 Å². The molecule has 0 unspecified atom stereocenters. The number of hydrogen-bond acceptors (Lipinski definition) is 4. The van der Waals surface area contributed by atoms with E-state index in [0.29, 0.717) is 44.6 Å². The fourth-order valence-electron chi connectivity index (χ4n) is 3.67. The topological polar surface area (TPSA) is 101 Å². The lowest BCUT2D eigenvalue weighted by Gasteiger charge is -2.31. The van der Waals surface area contributed by atoms with E-state index in [0.717, 1.165) is 5.56 Å². The van der Waals surface area contributed by atoms with Crippen molar-refractivity contribution in [3.8, 4) is 0 Å². The second-order valence-electron chi connectivity index (χ2n) is 7.50. The molecular weight excluding hydrogens is 416 g/mol. The summed E-state index contributed by atoms with van der Waals surface area (Å²) >= 11 is 0. The number of hydrogen-bond donors (Lipinski definition) is 2. The third-order valence-corrected chi connectivity index (χ3v) is 7.42. The molecular formula is C22H28N4O4S. The molecule has 1 aliphatic heterocycles. The molecule has 9 heteroatoms. The zero-order valence-electron chi connectivity index (χ0n) is 17.6. The predicted octanol–water partition coefficient (Wildman–Crippen LogP) is 1.45. The lowest BCUT2D eigenvalue weighted by molar-refractivity contribution is -0.117. The number of benzene rings is 1. The van der Waals surface area contributed by atoms with Crippen LogP contribution in [0.5, 0.6) is 0 Å². The highest BCUT2D eigenvalue weighted by atomic mass is 32.2. The molecule has 1 aliphatic rings. The summed E-state index contributed by atoms with van der Waals surface area (Å²) < 4.78 is 29.0. The van der Waals surface area contributed by atoms with E-state index < -0.39 is 10.0 Å². The molecule has 2 N–H and O–H groups in total. The van der Waals surface area contributed by atoms with Gasteiger partial charge in [-0.25, -0.2) is 8.42 Å². The predicted molar refractivity (Wildman–Crippen MR) is 118 cm³/mol. The van der Waals surface area contributed by atoms with Gasteiger partial charge in [-0.3, -0.25) is 9.59 Å². The number of nitrogens with one attached hydrogen (secondary N) is 2. The monoisotopic (exact) mass is 444 g/mol. The maximum Gasteiger partial charge on any atom is 0.267 e. The van der Waals surface area contributed by atoms with Gasteiger partial charge in [-0.1, -0.05) is 36.9 Å². The van der Waals surface area contributed by atoms with E-state index in [1.54, 1.807) is 7.05 Å². The van der Waals surface area contributed by atoms with E-state index in [2.05, 4.69) is 17.2 Å². The van der Waals surface area contributed by atoms with Gasteiger partial charge in [-0.05, 0) is 43.0 Å². The average molecular weight is 445 g/mol. The van der Waals surface area contributed by atoms with Crippen molar-refractivity contribution in [2.75, 3.05) is 19.6 Å². The van der Waals surface area contributed by atoms with E-state index in [1.807, 2.05) is 30.3 Å². The van der Waals surface area contributed by atoms with Crippen LogP contribution in [0.2, 0.25) is 0 Å². The van der Waals surface area contributed by atoms with E-state index in [9.17, 15) is 18.0 Å². The zero-order valence-corrected chi connectivity index (χ0v) is 18.4. The molecule has 0 atom stereocenters. The van der Waals surface area contributed by atoms with Crippen LogP contribution >= 0.6 is 0 Å². The van der Waals surface area contributed by atoms with Crippen LogP contribution in [0.1, 0.15) is 28.9 Å². The summed E-state index contributed by atoms with van der Waals surface area (Å²) in [4.78, 5) is 24.0. The van der Waals surface area contributed by atoms with Crippen molar-refractivity contribution in [2.24, 2.45) is 7.05 Å². The molecule has 31 heavy (non-hydrogen) atoms. The highest BCUT2D eigenvalue weighted by Gasteiger charge is 2.32. The number of rotatable bonds is 8. The number of carbonyl (C=O) groups is 2. The SMILES string of the molecule is C=CC(=O)NC1CCN(S(=O)(=O)c2ccc(C(=O)NCCc3ccccc3)n2C)CC1. The third kappa shape index (κ3) is 5.42. The number of amides is 2. The molecule has 1 aromatic heterocycles. The summed E-state index contributed by atoms with van der Waals surface area (Å²) in [6.45, 7) is 4.48. The number of aromatic nitrogens is 1. The third-order valence-electron chi connectivity index (χ3n) is 5.44. The lowest BCUT2D eigenvalue weighted by atomic mass is 10.1. The first-order valence-corrected chi connectivity index (χ1v) is 11.7. The van der Waals surface area contributed by atoms with Crippen LogP contribution in [0.3, 0.4) is 0 Å². The van der Waals surface area contributed by atoms with Crippen LogP contribution in [0.4, 0.5) is 0 Å². The van der Waals surface area contributed by atoms with Gasteiger partial charge in [-0.15, -0.1) is 0 Å². The lowest BCUT2D eigenvalue weighted by Crippen LogP contribution is -2.46. The van der Waals surface area contributed by atoms with Crippen molar-refractivity contribution in [2.45, 2.75) is 30.3 Å². The number of nitrogens with zero attached hydrogens (tertiary/aromatic N) is 2. The second kappa shape index (κ2) is 9.93. The van der Waals surface area contributed by atoms with Crippen LogP contribution in [0, 0.1) is 0 Å². The second-order valence-corrected chi connectivity index (χ2v) is 9.38. The van der Waals surface area contributed by atoms with Crippen LogP contribution in [0.25, 0.3) is 0 Å². The largest absolute Gasteiger partial charge is 0.350 e. The Bertz CT molecular complexity index is 1040. The molecule has 2 amide bonds. The Labute approximate surface area is 183 Å². The summed E-state index contributed by atoms with van der Waals surface area (Å²) in [5, 5.41) is 5.73.